The third-order valence-corrected chi connectivity index (χ3v) is 6.00. The van der Waals surface area contributed by atoms with Crippen molar-refractivity contribution in [3.8, 4) is 0 Å². The Hall–Kier alpha value is -1.44. The Kier molecular flexibility index (Phi) is 6.15. The van der Waals surface area contributed by atoms with E-state index in [0.717, 1.165) is 19.4 Å². The third kappa shape index (κ3) is 4.31. The summed E-state index contributed by atoms with van der Waals surface area (Å²) in [6, 6.07) is 6.16. The number of benzene rings is 1. The van der Waals surface area contributed by atoms with Crippen LogP contribution in [0.5, 0.6) is 0 Å². The van der Waals surface area contributed by atoms with Crippen molar-refractivity contribution in [1.29, 1.82) is 0 Å². The lowest BCUT2D eigenvalue weighted by molar-refractivity contribution is 0.0857. The molecule has 128 valence electrons. The van der Waals surface area contributed by atoms with Crippen molar-refractivity contribution in [3.05, 3.63) is 29.8 Å². The molecule has 1 aliphatic heterocycles. The van der Waals surface area contributed by atoms with Gasteiger partial charge in [-0.3, -0.25) is 4.79 Å². The molecule has 7 heteroatoms. The highest BCUT2D eigenvalue weighted by Crippen LogP contribution is 2.17. The molecule has 0 aliphatic carbocycles. The van der Waals surface area contributed by atoms with Crippen LogP contribution in [-0.2, 0) is 14.8 Å². The van der Waals surface area contributed by atoms with Crippen LogP contribution in [0.3, 0.4) is 0 Å². The Balaban J connectivity index is 2.10. The number of carbonyl (C=O) groups excluding carboxylic acids is 1. The van der Waals surface area contributed by atoms with Crippen LogP contribution in [0.15, 0.2) is 29.2 Å². The molecular formula is C16H24N2O4S. The average molecular weight is 340 g/mol. The van der Waals surface area contributed by atoms with Crippen LogP contribution in [0.2, 0.25) is 0 Å². The smallest absolute Gasteiger partial charge is 0.251 e. The quantitative estimate of drug-likeness (QED) is 0.818. The molecule has 1 saturated heterocycles. The molecule has 0 unspecified atom stereocenters. The Labute approximate surface area is 137 Å². The molecule has 0 radical (unpaired) electrons. The maximum atomic E-state index is 12.5. The number of rotatable bonds is 7. The van der Waals surface area contributed by atoms with E-state index >= 15 is 0 Å². The topological polar surface area (TPSA) is 75.7 Å². The Bertz CT molecular complexity index is 635. The highest BCUT2D eigenvalue weighted by Gasteiger charge is 2.23. The van der Waals surface area contributed by atoms with Crippen LogP contribution in [0, 0.1) is 0 Å². The highest BCUT2D eigenvalue weighted by molar-refractivity contribution is 7.89. The van der Waals surface area contributed by atoms with Crippen molar-refractivity contribution < 1.29 is 17.9 Å². The van der Waals surface area contributed by atoms with E-state index in [1.807, 2.05) is 0 Å². The third-order valence-electron chi connectivity index (χ3n) is 3.95. The number of sulfonamides is 1. The first-order valence-electron chi connectivity index (χ1n) is 7.99. The van der Waals surface area contributed by atoms with E-state index in [4.69, 9.17) is 4.74 Å². The Morgan fingerprint density at radius 2 is 2.09 bits per heavy atom. The molecule has 0 saturated carbocycles. The van der Waals surface area contributed by atoms with Gasteiger partial charge in [-0.05, 0) is 31.0 Å². The summed E-state index contributed by atoms with van der Waals surface area (Å²) in [4.78, 5) is 12.4. The van der Waals surface area contributed by atoms with E-state index in [9.17, 15) is 13.2 Å². The van der Waals surface area contributed by atoms with Gasteiger partial charge < -0.3 is 10.1 Å². The van der Waals surface area contributed by atoms with Crippen molar-refractivity contribution in [2.24, 2.45) is 0 Å². The summed E-state index contributed by atoms with van der Waals surface area (Å²) in [6.07, 6.45) is 2.01. The van der Waals surface area contributed by atoms with Gasteiger partial charge in [-0.2, -0.15) is 4.31 Å². The molecule has 1 heterocycles. The van der Waals surface area contributed by atoms with Crippen LogP contribution in [0.4, 0.5) is 0 Å². The molecule has 2 rings (SSSR count). The van der Waals surface area contributed by atoms with Gasteiger partial charge in [0.2, 0.25) is 10.0 Å². The van der Waals surface area contributed by atoms with Crippen LogP contribution < -0.4 is 5.32 Å². The Morgan fingerprint density at radius 1 is 1.35 bits per heavy atom. The van der Waals surface area contributed by atoms with Gasteiger partial charge in [0.05, 0.1) is 11.0 Å². The number of nitrogens with zero attached hydrogens (tertiary/aromatic N) is 1. The standard InChI is InChI=1S/C16H24N2O4S/c1-3-18(4-2)23(20,21)15-9-5-7-13(11-15)16(19)17-12-14-8-6-10-22-14/h5,7,9,11,14H,3-4,6,8,10,12H2,1-2H3,(H,17,19)/t14-/m1/s1. The van der Waals surface area contributed by atoms with Crippen molar-refractivity contribution in [2.45, 2.75) is 37.7 Å². The largest absolute Gasteiger partial charge is 0.376 e. The molecule has 6 nitrogen and oxygen atoms in total. The first-order chi connectivity index (χ1) is 11.0. The number of carbonyl (C=O) groups is 1. The van der Waals surface area contributed by atoms with Crippen LogP contribution in [0.1, 0.15) is 37.0 Å². The fourth-order valence-corrected chi connectivity index (χ4v) is 4.13. The summed E-state index contributed by atoms with van der Waals surface area (Å²) >= 11 is 0. The molecule has 1 aromatic rings. The lowest BCUT2D eigenvalue weighted by Crippen LogP contribution is -2.32. The molecule has 0 bridgehead atoms. The van der Waals surface area contributed by atoms with E-state index < -0.39 is 10.0 Å². The van der Waals surface area contributed by atoms with Crippen molar-refractivity contribution >= 4 is 15.9 Å². The van der Waals surface area contributed by atoms with E-state index in [2.05, 4.69) is 5.32 Å². The zero-order chi connectivity index (χ0) is 16.9. The summed E-state index contributed by atoms with van der Waals surface area (Å²) in [5.41, 5.74) is 0.344. The Morgan fingerprint density at radius 3 is 2.70 bits per heavy atom. The molecule has 1 aliphatic rings. The molecule has 1 fully saturated rings. The van der Waals surface area contributed by atoms with Gasteiger partial charge in [0.15, 0.2) is 0 Å². The fourth-order valence-electron chi connectivity index (χ4n) is 2.62. The lowest BCUT2D eigenvalue weighted by atomic mass is 10.2. The normalized spacial score (nSPS) is 18.3. The molecule has 0 spiro atoms. The van der Waals surface area contributed by atoms with Crippen molar-refractivity contribution in [3.63, 3.8) is 0 Å². The van der Waals surface area contributed by atoms with Gasteiger partial charge in [0, 0.05) is 31.8 Å². The maximum absolute atomic E-state index is 12.5. The summed E-state index contributed by atoms with van der Waals surface area (Å²) in [5.74, 6) is -0.280. The van der Waals surface area contributed by atoms with Crippen LogP contribution >= 0.6 is 0 Å². The van der Waals surface area contributed by atoms with Gasteiger partial charge >= 0.3 is 0 Å². The lowest BCUT2D eigenvalue weighted by Gasteiger charge is -2.18. The van der Waals surface area contributed by atoms with E-state index in [1.54, 1.807) is 26.0 Å². The second kappa shape index (κ2) is 7.90. The van der Waals surface area contributed by atoms with Crippen LogP contribution in [0.25, 0.3) is 0 Å². The molecule has 1 aromatic carbocycles. The molecule has 0 aromatic heterocycles. The molecule has 1 N–H and O–H groups in total. The highest BCUT2D eigenvalue weighted by atomic mass is 32.2. The van der Waals surface area contributed by atoms with Gasteiger partial charge in [-0.1, -0.05) is 19.9 Å². The van der Waals surface area contributed by atoms with Gasteiger partial charge in [-0.15, -0.1) is 0 Å². The number of nitrogens with one attached hydrogen (secondary N) is 1. The minimum Gasteiger partial charge on any atom is -0.376 e. The molecule has 23 heavy (non-hydrogen) atoms. The van der Waals surface area contributed by atoms with E-state index in [0.29, 0.717) is 25.2 Å². The SMILES string of the molecule is CCN(CC)S(=O)(=O)c1cccc(C(=O)NC[C@H]2CCCO2)c1. The van der Waals surface area contributed by atoms with E-state index in [1.165, 1.54) is 16.4 Å². The number of hydrogen-bond donors (Lipinski definition) is 1. The first kappa shape index (κ1) is 17.9. The number of hydrogen-bond acceptors (Lipinski definition) is 4. The number of amides is 1. The zero-order valence-electron chi connectivity index (χ0n) is 13.6. The van der Waals surface area contributed by atoms with Gasteiger partial charge in [-0.25, -0.2) is 8.42 Å². The first-order valence-corrected chi connectivity index (χ1v) is 9.43. The van der Waals surface area contributed by atoms with Crippen molar-refractivity contribution in [2.75, 3.05) is 26.2 Å². The second-order valence-corrected chi connectivity index (χ2v) is 7.40. The van der Waals surface area contributed by atoms with Crippen LogP contribution in [-0.4, -0.2) is 51.0 Å². The second-order valence-electron chi connectivity index (χ2n) is 5.46. The van der Waals surface area contributed by atoms with Crippen molar-refractivity contribution in [1.82, 2.24) is 9.62 Å². The van der Waals surface area contributed by atoms with Gasteiger partial charge in [0.25, 0.3) is 5.91 Å². The monoisotopic (exact) mass is 340 g/mol. The summed E-state index contributed by atoms with van der Waals surface area (Å²) in [5, 5.41) is 2.80. The molecule has 1 amide bonds. The maximum Gasteiger partial charge on any atom is 0.251 e. The van der Waals surface area contributed by atoms with Gasteiger partial charge in [0.1, 0.15) is 0 Å². The molecular weight excluding hydrogens is 316 g/mol. The number of ether oxygens (including phenoxy) is 1. The predicted molar refractivity (Wildman–Crippen MR) is 87.9 cm³/mol. The molecule has 1 atom stereocenters. The fraction of sp³-hybridized carbons (Fsp3) is 0.562. The minimum absolute atomic E-state index is 0.0570. The average Bonchev–Trinajstić information content (AvgIpc) is 3.07. The zero-order valence-corrected chi connectivity index (χ0v) is 14.4. The summed E-state index contributed by atoms with van der Waals surface area (Å²) < 4.78 is 31.9. The predicted octanol–water partition coefficient (Wildman–Crippen LogP) is 1.63. The van der Waals surface area contributed by atoms with E-state index in [-0.39, 0.29) is 16.9 Å². The summed E-state index contributed by atoms with van der Waals surface area (Å²) in [7, 11) is -3.56. The summed E-state index contributed by atoms with van der Waals surface area (Å²) in [6.45, 7) is 5.56. The minimum atomic E-state index is -3.56.